The highest BCUT2D eigenvalue weighted by Crippen LogP contribution is 2.13. The average Bonchev–Trinajstić information content (AvgIpc) is 2.55. The molecule has 1 N–H and O–H groups in total. The molecule has 114 valence electrons. The average molecular weight is 296 g/mol. The second kappa shape index (κ2) is 7.41. The van der Waals surface area contributed by atoms with Gasteiger partial charge in [0.15, 0.2) is 5.78 Å². The number of nitrogens with zero attached hydrogens (tertiary/aromatic N) is 1. The summed E-state index contributed by atoms with van der Waals surface area (Å²) in [5.41, 5.74) is 2.40. The van der Waals surface area contributed by atoms with E-state index >= 15 is 0 Å². The molecule has 0 aliphatic rings. The summed E-state index contributed by atoms with van der Waals surface area (Å²) in [4.78, 5) is 25.1. The number of para-hydroxylation sites is 1. The van der Waals surface area contributed by atoms with E-state index in [4.69, 9.17) is 0 Å². The van der Waals surface area contributed by atoms with E-state index in [1.807, 2.05) is 42.5 Å². The zero-order valence-corrected chi connectivity index (χ0v) is 12.9. The Balaban J connectivity index is 1.87. The van der Waals surface area contributed by atoms with E-state index in [0.29, 0.717) is 18.5 Å². The quantitative estimate of drug-likeness (QED) is 0.832. The fourth-order valence-electron chi connectivity index (χ4n) is 2.13. The van der Waals surface area contributed by atoms with Gasteiger partial charge in [-0.2, -0.15) is 0 Å². The van der Waals surface area contributed by atoms with Crippen molar-refractivity contribution in [3.8, 4) is 0 Å². The summed E-state index contributed by atoms with van der Waals surface area (Å²) in [6.45, 7) is 2.06. The van der Waals surface area contributed by atoms with Crippen molar-refractivity contribution in [3.63, 3.8) is 0 Å². The van der Waals surface area contributed by atoms with Gasteiger partial charge < -0.3 is 10.2 Å². The van der Waals surface area contributed by atoms with Gasteiger partial charge >= 0.3 is 0 Å². The Morgan fingerprint density at radius 2 is 1.77 bits per heavy atom. The van der Waals surface area contributed by atoms with Gasteiger partial charge in [0.2, 0.25) is 5.91 Å². The van der Waals surface area contributed by atoms with Crippen LogP contribution in [0, 0.1) is 0 Å². The van der Waals surface area contributed by atoms with Gasteiger partial charge in [0.25, 0.3) is 0 Å². The van der Waals surface area contributed by atoms with Crippen molar-refractivity contribution in [1.29, 1.82) is 0 Å². The van der Waals surface area contributed by atoms with Crippen LogP contribution in [0.1, 0.15) is 23.7 Å². The number of carbonyl (C=O) groups excluding carboxylic acids is 2. The predicted molar refractivity (Wildman–Crippen MR) is 89.4 cm³/mol. The molecule has 1 amide bonds. The summed E-state index contributed by atoms with van der Waals surface area (Å²) in [6.07, 6.45) is 0.385. The van der Waals surface area contributed by atoms with Gasteiger partial charge in [0.1, 0.15) is 0 Å². The molecule has 4 heteroatoms. The molecule has 0 bridgehead atoms. The third-order valence-corrected chi connectivity index (χ3v) is 3.45. The largest absolute Gasteiger partial charge is 0.385 e. The summed E-state index contributed by atoms with van der Waals surface area (Å²) >= 11 is 0. The Labute approximate surface area is 130 Å². The van der Waals surface area contributed by atoms with E-state index in [0.717, 1.165) is 11.4 Å². The third-order valence-electron chi connectivity index (χ3n) is 3.45. The topological polar surface area (TPSA) is 49.4 Å². The molecule has 22 heavy (non-hydrogen) atoms. The SMILES string of the molecule is CC(=O)c1cccc(NCCC(=O)N(C)c2ccccc2)c1. The molecule has 0 aromatic heterocycles. The zero-order chi connectivity index (χ0) is 15.9. The first-order chi connectivity index (χ1) is 10.6. The molecular weight excluding hydrogens is 276 g/mol. The van der Waals surface area contributed by atoms with E-state index in [1.54, 1.807) is 24.1 Å². The number of ketones is 1. The molecular formula is C18H20N2O2. The number of Topliss-reactive ketones (excluding diaryl/α,β-unsaturated/α-hetero) is 1. The molecule has 0 spiro atoms. The molecule has 0 radical (unpaired) electrons. The maximum Gasteiger partial charge on any atom is 0.228 e. The number of nitrogens with one attached hydrogen (secondary N) is 1. The highest BCUT2D eigenvalue weighted by Gasteiger charge is 2.10. The molecule has 0 unspecified atom stereocenters. The first kappa shape index (κ1) is 15.8. The second-order valence-electron chi connectivity index (χ2n) is 5.10. The van der Waals surface area contributed by atoms with Gasteiger partial charge in [-0.3, -0.25) is 9.59 Å². The molecule has 2 aromatic carbocycles. The van der Waals surface area contributed by atoms with Crippen LogP contribution in [-0.2, 0) is 4.79 Å². The first-order valence-corrected chi connectivity index (χ1v) is 7.24. The Kier molecular flexibility index (Phi) is 5.31. The highest BCUT2D eigenvalue weighted by atomic mass is 16.2. The lowest BCUT2D eigenvalue weighted by Gasteiger charge is -2.17. The van der Waals surface area contributed by atoms with E-state index < -0.39 is 0 Å². The lowest BCUT2D eigenvalue weighted by Crippen LogP contribution is -2.27. The minimum absolute atomic E-state index is 0.0311. The molecule has 0 aliphatic carbocycles. The Morgan fingerprint density at radius 1 is 1.05 bits per heavy atom. The van der Waals surface area contributed by atoms with Crippen molar-refractivity contribution in [2.75, 3.05) is 23.8 Å². The molecule has 0 saturated carbocycles. The number of amides is 1. The fourth-order valence-corrected chi connectivity index (χ4v) is 2.13. The number of hydrogen-bond donors (Lipinski definition) is 1. The maximum absolute atomic E-state index is 12.1. The van der Waals surface area contributed by atoms with Gasteiger partial charge in [-0.05, 0) is 31.2 Å². The molecule has 0 atom stereocenters. The van der Waals surface area contributed by atoms with Crippen molar-refractivity contribution in [2.45, 2.75) is 13.3 Å². The number of benzene rings is 2. The van der Waals surface area contributed by atoms with Crippen LogP contribution in [0.5, 0.6) is 0 Å². The Morgan fingerprint density at radius 3 is 2.45 bits per heavy atom. The van der Waals surface area contributed by atoms with Gasteiger partial charge in [0.05, 0.1) is 0 Å². The van der Waals surface area contributed by atoms with Crippen molar-refractivity contribution < 1.29 is 9.59 Å². The van der Waals surface area contributed by atoms with Crippen molar-refractivity contribution >= 4 is 23.1 Å². The maximum atomic E-state index is 12.1. The summed E-state index contributed by atoms with van der Waals surface area (Å²) in [5.74, 6) is 0.0740. The molecule has 0 aliphatic heterocycles. The van der Waals surface area contributed by atoms with Crippen molar-refractivity contribution in [2.24, 2.45) is 0 Å². The van der Waals surface area contributed by atoms with Crippen LogP contribution in [0.25, 0.3) is 0 Å². The standard InChI is InChI=1S/C18H20N2O2/c1-14(21)15-7-6-8-16(13-15)19-12-11-18(22)20(2)17-9-4-3-5-10-17/h3-10,13,19H,11-12H2,1-2H3. The molecule has 4 nitrogen and oxygen atoms in total. The third kappa shape index (κ3) is 4.19. The molecule has 0 heterocycles. The lowest BCUT2D eigenvalue weighted by atomic mass is 10.1. The number of anilines is 2. The van der Waals surface area contributed by atoms with Crippen LogP contribution in [0.3, 0.4) is 0 Å². The van der Waals surface area contributed by atoms with Gasteiger partial charge in [0, 0.05) is 37.0 Å². The monoisotopic (exact) mass is 296 g/mol. The fraction of sp³-hybridized carbons (Fsp3) is 0.222. The van der Waals surface area contributed by atoms with Crippen LogP contribution < -0.4 is 10.2 Å². The normalized spacial score (nSPS) is 10.1. The lowest BCUT2D eigenvalue weighted by molar-refractivity contribution is -0.118. The Hall–Kier alpha value is -2.62. The van der Waals surface area contributed by atoms with Crippen LogP contribution in [0.15, 0.2) is 54.6 Å². The van der Waals surface area contributed by atoms with E-state index in [9.17, 15) is 9.59 Å². The van der Waals surface area contributed by atoms with Gasteiger partial charge in [-0.25, -0.2) is 0 Å². The molecule has 0 fully saturated rings. The van der Waals surface area contributed by atoms with Gasteiger partial charge in [-0.15, -0.1) is 0 Å². The van der Waals surface area contributed by atoms with Crippen molar-refractivity contribution in [3.05, 3.63) is 60.2 Å². The highest BCUT2D eigenvalue weighted by molar-refractivity contribution is 5.95. The Bertz CT molecular complexity index is 653. The second-order valence-corrected chi connectivity index (χ2v) is 5.10. The predicted octanol–water partition coefficient (Wildman–Crippen LogP) is 3.35. The van der Waals surface area contributed by atoms with Gasteiger partial charge in [-0.1, -0.05) is 30.3 Å². The summed E-state index contributed by atoms with van der Waals surface area (Å²) < 4.78 is 0. The zero-order valence-electron chi connectivity index (χ0n) is 12.9. The number of carbonyl (C=O) groups is 2. The summed E-state index contributed by atoms with van der Waals surface area (Å²) in [7, 11) is 1.77. The number of hydrogen-bond acceptors (Lipinski definition) is 3. The van der Waals surface area contributed by atoms with Crippen LogP contribution in [0.2, 0.25) is 0 Å². The van der Waals surface area contributed by atoms with Crippen LogP contribution in [-0.4, -0.2) is 25.3 Å². The van der Waals surface area contributed by atoms with Crippen LogP contribution in [0.4, 0.5) is 11.4 Å². The van der Waals surface area contributed by atoms with E-state index in [1.165, 1.54) is 6.92 Å². The number of rotatable bonds is 6. The molecule has 0 saturated heterocycles. The minimum atomic E-state index is 0.0311. The van der Waals surface area contributed by atoms with E-state index in [-0.39, 0.29) is 11.7 Å². The smallest absolute Gasteiger partial charge is 0.228 e. The molecule has 2 rings (SSSR count). The molecule has 2 aromatic rings. The minimum Gasteiger partial charge on any atom is -0.385 e. The van der Waals surface area contributed by atoms with E-state index in [2.05, 4.69) is 5.32 Å². The summed E-state index contributed by atoms with van der Waals surface area (Å²) in [5, 5.41) is 3.18. The van der Waals surface area contributed by atoms with Crippen molar-refractivity contribution in [1.82, 2.24) is 0 Å². The van der Waals surface area contributed by atoms with Crippen LogP contribution >= 0.6 is 0 Å². The first-order valence-electron chi connectivity index (χ1n) is 7.24. The summed E-state index contributed by atoms with van der Waals surface area (Å²) in [6, 6.07) is 16.8.